The SMILES string of the molecule is CN=C(NCCn1cc(C)cn1)NCC1(CC(C)C)CCC1. The zero-order valence-electron chi connectivity index (χ0n) is 14.5. The highest BCUT2D eigenvalue weighted by Gasteiger charge is 2.37. The van der Waals surface area contributed by atoms with Crippen molar-refractivity contribution in [3.8, 4) is 0 Å². The van der Waals surface area contributed by atoms with Gasteiger partial charge in [-0.3, -0.25) is 9.67 Å². The summed E-state index contributed by atoms with van der Waals surface area (Å²) in [5, 5.41) is 11.2. The van der Waals surface area contributed by atoms with Crippen molar-refractivity contribution in [2.45, 2.75) is 53.0 Å². The third-order valence-corrected chi connectivity index (χ3v) is 4.51. The van der Waals surface area contributed by atoms with Gasteiger partial charge in [0.2, 0.25) is 0 Å². The van der Waals surface area contributed by atoms with Crippen LogP contribution in [0, 0.1) is 18.3 Å². The minimum absolute atomic E-state index is 0.491. The molecule has 2 N–H and O–H groups in total. The molecule has 0 atom stereocenters. The summed E-state index contributed by atoms with van der Waals surface area (Å²) in [6, 6.07) is 0. The maximum absolute atomic E-state index is 4.33. The van der Waals surface area contributed by atoms with Crippen LogP contribution < -0.4 is 10.6 Å². The van der Waals surface area contributed by atoms with Crippen LogP contribution in [0.25, 0.3) is 0 Å². The molecule has 0 spiro atoms. The van der Waals surface area contributed by atoms with Gasteiger partial charge in [0.05, 0.1) is 12.7 Å². The van der Waals surface area contributed by atoms with Gasteiger partial charge in [0.1, 0.15) is 0 Å². The maximum atomic E-state index is 4.33. The second-order valence-electron chi connectivity index (χ2n) is 7.08. The topological polar surface area (TPSA) is 54.2 Å². The third kappa shape index (κ3) is 4.75. The lowest BCUT2D eigenvalue weighted by Gasteiger charge is -2.43. The van der Waals surface area contributed by atoms with Gasteiger partial charge in [-0.2, -0.15) is 5.10 Å². The van der Waals surface area contributed by atoms with Crippen molar-refractivity contribution in [2.24, 2.45) is 16.3 Å². The quantitative estimate of drug-likeness (QED) is 0.601. The van der Waals surface area contributed by atoms with Crippen LogP contribution in [-0.2, 0) is 6.54 Å². The second-order valence-corrected chi connectivity index (χ2v) is 7.08. The Morgan fingerprint density at radius 3 is 2.68 bits per heavy atom. The number of aryl methyl sites for hydroxylation is 1. The number of rotatable bonds is 7. The molecule has 22 heavy (non-hydrogen) atoms. The van der Waals surface area contributed by atoms with E-state index < -0.39 is 0 Å². The summed E-state index contributed by atoms with van der Waals surface area (Å²) in [4.78, 5) is 4.33. The third-order valence-electron chi connectivity index (χ3n) is 4.51. The van der Waals surface area contributed by atoms with Gasteiger partial charge in [-0.05, 0) is 43.1 Å². The Labute approximate surface area is 134 Å². The predicted octanol–water partition coefficient (Wildman–Crippen LogP) is 2.57. The minimum Gasteiger partial charge on any atom is -0.356 e. The molecule has 1 aromatic rings. The molecule has 5 nitrogen and oxygen atoms in total. The number of aliphatic imine (C=N–C) groups is 1. The molecule has 0 saturated heterocycles. The summed E-state index contributed by atoms with van der Waals surface area (Å²) in [7, 11) is 1.84. The van der Waals surface area contributed by atoms with Gasteiger partial charge in [-0.15, -0.1) is 0 Å². The van der Waals surface area contributed by atoms with Gasteiger partial charge in [0, 0.05) is 26.3 Å². The van der Waals surface area contributed by atoms with Crippen LogP contribution in [0.3, 0.4) is 0 Å². The van der Waals surface area contributed by atoms with Gasteiger partial charge >= 0.3 is 0 Å². The Bertz CT molecular complexity index is 485. The summed E-state index contributed by atoms with van der Waals surface area (Å²) >= 11 is 0. The highest BCUT2D eigenvalue weighted by molar-refractivity contribution is 5.79. The van der Waals surface area contributed by atoms with E-state index >= 15 is 0 Å². The van der Waals surface area contributed by atoms with Crippen LogP contribution in [0.15, 0.2) is 17.4 Å². The molecule has 1 heterocycles. The van der Waals surface area contributed by atoms with E-state index in [0.717, 1.165) is 31.5 Å². The largest absolute Gasteiger partial charge is 0.356 e. The van der Waals surface area contributed by atoms with E-state index in [1.54, 1.807) is 0 Å². The molecule has 1 fully saturated rings. The highest BCUT2D eigenvalue weighted by atomic mass is 15.3. The molecule has 0 bridgehead atoms. The molecule has 2 rings (SSSR count). The van der Waals surface area contributed by atoms with Crippen molar-refractivity contribution in [1.29, 1.82) is 0 Å². The maximum Gasteiger partial charge on any atom is 0.191 e. The lowest BCUT2D eigenvalue weighted by Crippen LogP contribution is -2.47. The van der Waals surface area contributed by atoms with Crippen LogP contribution in [0.2, 0.25) is 0 Å². The van der Waals surface area contributed by atoms with Crippen molar-refractivity contribution < 1.29 is 0 Å². The van der Waals surface area contributed by atoms with Crippen molar-refractivity contribution in [3.63, 3.8) is 0 Å². The fraction of sp³-hybridized carbons (Fsp3) is 0.765. The van der Waals surface area contributed by atoms with Gasteiger partial charge < -0.3 is 10.6 Å². The van der Waals surface area contributed by atoms with E-state index in [2.05, 4.69) is 47.7 Å². The van der Waals surface area contributed by atoms with E-state index in [-0.39, 0.29) is 0 Å². The van der Waals surface area contributed by atoms with Gasteiger partial charge in [-0.25, -0.2) is 0 Å². The monoisotopic (exact) mass is 305 g/mol. The smallest absolute Gasteiger partial charge is 0.191 e. The lowest BCUT2D eigenvalue weighted by molar-refractivity contribution is 0.104. The Morgan fingerprint density at radius 2 is 2.18 bits per heavy atom. The predicted molar refractivity (Wildman–Crippen MR) is 92.1 cm³/mol. The molecular weight excluding hydrogens is 274 g/mol. The number of aromatic nitrogens is 2. The van der Waals surface area contributed by atoms with E-state index in [9.17, 15) is 0 Å². The summed E-state index contributed by atoms with van der Waals surface area (Å²) in [5.41, 5.74) is 1.69. The van der Waals surface area contributed by atoms with Crippen molar-refractivity contribution >= 4 is 5.96 Å². The fourth-order valence-corrected chi connectivity index (χ4v) is 3.37. The average Bonchev–Trinajstić information content (AvgIpc) is 2.84. The Hall–Kier alpha value is -1.52. The number of hydrogen-bond donors (Lipinski definition) is 2. The molecule has 0 amide bonds. The molecular formula is C17H31N5. The molecule has 1 aliphatic rings. The van der Waals surface area contributed by atoms with Crippen LogP contribution >= 0.6 is 0 Å². The molecule has 1 saturated carbocycles. The van der Waals surface area contributed by atoms with E-state index in [1.165, 1.54) is 31.2 Å². The van der Waals surface area contributed by atoms with Crippen LogP contribution in [0.1, 0.15) is 45.1 Å². The normalized spacial score (nSPS) is 17.4. The first-order chi connectivity index (χ1) is 10.5. The van der Waals surface area contributed by atoms with Gasteiger partial charge in [0.15, 0.2) is 5.96 Å². The number of guanidine groups is 1. The first-order valence-electron chi connectivity index (χ1n) is 8.47. The summed E-state index contributed by atoms with van der Waals surface area (Å²) < 4.78 is 1.96. The van der Waals surface area contributed by atoms with Crippen molar-refractivity contribution in [2.75, 3.05) is 20.1 Å². The molecule has 0 unspecified atom stereocenters. The van der Waals surface area contributed by atoms with Crippen molar-refractivity contribution in [3.05, 3.63) is 18.0 Å². The first kappa shape index (κ1) is 16.8. The second kappa shape index (κ2) is 7.65. The number of hydrogen-bond acceptors (Lipinski definition) is 2. The molecule has 0 aliphatic heterocycles. The molecule has 5 heteroatoms. The Balaban J connectivity index is 1.73. The molecule has 1 aromatic heterocycles. The zero-order chi connectivity index (χ0) is 16.0. The fourth-order valence-electron chi connectivity index (χ4n) is 3.37. The summed E-state index contributed by atoms with van der Waals surface area (Å²) in [6.45, 7) is 9.41. The lowest BCUT2D eigenvalue weighted by atomic mass is 9.64. The molecule has 124 valence electrons. The van der Waals surface area contributed by atoms with Crippen LogP contribution in [-0.4, -0.2) is 35.9 Å². The van der Waals surface area contributed by atoms with Crippen LogP contribution in [0.4, 0.5) is 0 Å². The molecule has 0 aromatic carbocycles. The van der Waals surface area contributed by atoms with E-state index in [1.807, 2.05) is 17.9 Å². The minimum atomic E-state index is 0.491. The van der Waals surface area contributed by atoms with Gasteiger partial charge in [0.25, 0.3) is 0 Å². The van der Waals surface area contributed by atoms with E-state index in [4.69, 9.17) is 0 Å². The first-order valence-corrected chi connectivity index (χ1v) is 8.47. The molecule has 0 radical (unpaired) electrons. The van der Waals surface area contributed by atoms with E-state index in [0.29, 0.717) is 5.41 Å². The molecule has 1 aliphatic carbocycles. The van der Waals surface area contributed by atoms with Gasteiger partial charge in [-0.1, -0.05) is 20.3 Å². The number of nitrogens with one attached hydrogen (secondary N) is 2. The standard InChI is InChI=1S/C17H31N5/c1-14(2)10-17(6-5-7-17)13-20-16(18-4)19-8-9-22-12-15(3)11-21-22/h11-12,14H,5-10,13H2,1-4H3,(H2,18,19,20). The Kier molecular flexibility index (Phi) is 5.86. The Morgan fingerprint density at radius 1 is 1.41 bits per heavy atom. The number of nitrogens with zero attached hydrogens (tertiary/aromatic N) is 3. The highest BCUT2D eigenvalue weighted by Crippen LogP contribution is 2.45. The zero-order valence-corrected chi connectivity index (χ0v) is 14.5. The summed E-state index contributed by atoms with van der Waals surface area (Å²) in [5.74, 6) is 1.67. The van der Waals surface area contributed by atoms with Crippen LogP contribution in [0.5, 0.6) is 0 Å². The van der Waals surface area contributed by atoms with Crippen molar-refractivity contribution in [1.82, 2.24) is 20.4 Å². The average molecular weight is 305 g/mol. The summed E-state index contributed by atoms with van der Waals surface area (Å²) in [6.07, 6.45) is 9.33.